The molecular weight excluding hydrogens is 360 g/mol. The van der Waals surface area contributed by atoms with Crippen LogP contribution in [0.5, 0.6) is 11.5 Å². The lowest BCUT2D eigenvalue weighted by Crippen LogP contribution is -2.29. The number of hydrogen-bond acceptors (Lipinski definition) is 6. The summed E-state index contributed by atoms with van der Waals surface area (Å²) < 4.78 is 15.5. The molecular formula is C21H20N2O5. The summed E-state index contributed by atoms with van der Waals surface area (Å²) in [5.74, 6) is -0.0514. The molecule has 2 aromatic rings. The highest BCUT2D eigenvalue weighted by atomic mass is 16.5. The van der Waals surface area contributed by atoms with Gasteiger partial charge < -0.3 is 19.5 Å². The predicted octanol–water partition coefficient (Wildman–Crippen LogP) is 3.16. The zero-order valence-electron chi connectivity index (χ0n) is 15.8. The first-order valence-electron chi connectivity index (χ1n) is 8.38. The number of ether oxygens (including phenoxy) is 3. The smallest absolute Gasteiger partial charge is 0.331 e. The minimum atomic E-state index is -1.01. The molecule has 0 saturated heterocycles. The molecule has 28 heavy (non-hydrogen) atoms. The molecule has 1 amide bonds. The fourth-order valence-electron chi connectivity index (χ4n) is 2.30. The van der Waals surface area contributed by atoms with Crippen molar-refractivity contribution in [2.24, 2.45) is 0 Å². The highest BCUT2D eigenvalue weighted by Crippen LogP contribution is 2.27. The van der Waals surface area contributed by atoms with E-state index in [1.165, 1.54) is 33.3 Å². The third-order valence-electron chi connectivity index (χ3n) is 3.74. The van der Waals surface area contributed by atoms with E-state index in [0.717, 1.165) is 0 Å². The standard InChI is InChI=1S/C21H20N2O5/c1-14(21(25)23-17-6-4-5-16(11-17)13-22)28-20(24)10-8-15-7-9-18(26-2)19(12-15)27-3/h4-12,14H,1-3H3,(H,23,25)/b10-8+/t14-/m1/s1. The van der Waals surface area contributed by atoms with E-state index in [9.17, 15) is 9.59 Å². The van der Waals surface area contributed by atoms with Crippen molar-refractivity contribution in [2.45, 2.75) is 13.0 Å². The summed E-state index contributed by atoms with van der Waals surface area (Å²) in [5.41, 5.74) is 1.58. The second-order valence-corrected chi connectivity index (χ2v) is 5.71. The SMILES string of the molecule is COc1ccc(/C=C/C(=O)O[C@H](C)C(=O)Nc2cccc(C#N)c2)cc1OC. The van der Waals surface area contributed by atoms with E-state index in [2.05, 4.69) is 5.32 Å². The van der Waals surface area contributed by atoms with Crippen LogP contribution in [-0.4, -0.2) is 32.2 Å². The van der Waals surface area contributed by atoms with Crippen LogP contribution >= 0.6 is 0 Å². The van der Waals surface area contributed by atoms with Crippen LogP contribution in [0, 0.1) is 11.3 Å². The number of carbonyl (C=O) groups is 2. The van der Waals surface area contributed by atoms with Crippen LogP contribution in [-0.2, 0) is 14.3 Å². The third-order valence-corrected chi connectivity index (χ3v) is 3.74. The van der Waals surface area contributed by atoms with E-state index < -0.39 is 18.0 Å². The Balaban J connectivity index is 1.95. The molecule has 0 unspecified atom stereocenters. The Morgan fingerprint density at radius 2 is 1.86 bits per heavy atom. The van der Waals surface area contributed by atoms with Crippen molar-refractivity contribution in [3.63, 3.8) is 0 Å². The van der Waals surface area contributed by atoms with Crippen molar-refractivity contribution in [2.75, 3.05) is 19.5 Å². The predicted molar refractivity (Wildman–Crippen MR) is 104 cm³/mol. The third kappa shape index (κ3) is 5.61. The summed E-state index contributed by atoms with van der Waals surface area (Å²) in [6.45, 7) is 1.46. The second kappa shape index (κ2) is 9.78. The van der Waals surface area contributed by atoms with E-state index >= 15 is 0 Å². The van der Waals surface area contributed by atoms with Gasteiger partial charge in [0, 0.05) is 11.8 Å². The van der Waals surface area contributed by atoms with Crippen molar-refractivity contribution in [1.82, 2.24) is 0 Å². The van der Waals surface area contributed by atoms with Crippen molar-refractivity contribution in [3.05, 3.63) is 59.7 Å². The number of methoxy groups -OCH3 is 2. The Kier molecular flexibility index (Phi) is 7.17. The van der Waals surface area contributed by atoms with E-state index in [0.29, 0.717) is 28.3 Å². The Labute approximate surface area is 163 Å². The number of anilines is 1. The number of nitrogens with one attached hydrogen (secondary N) is 1. The number of benzene rings is 2. The number of esters is 1. The molecule has 2 aromatic carbocycles. The molecule has 1 N–H and O–H groups in total. The van der Waals surface area contributed by atoms with Gasteiger partial charge in [-0.2, -0.15) is 5.26 Å². The summed E-state index contributed by atoms with van der Waals surface area (Å²) in [4.78, 5) is 24.1. The Morgan fingerprint density at radius 3 is 2.54 bits per heavy atom. The van der Waals surface area contributed by atoms with Crippen molar-refractivity contribution < 1.29 is 23.8 Å². The first-order valence-corrected chi connectivity index (χ1v) is 8.38. The second-order valence-electron chi connectivity index (χ2n) is 5.71. The van der Waals surface area contributed by atoms with E-state index in [4.69, 9.17) is 19.5 Å². The van der Waals surface area contributed by atoms with Gasteiger partial charge in [0.2, 0.25) is 0 Å². The average molecular weight is 380 g/mol. The van der Waals surface area contributed by atoms with Gasteiger partial charge in [0.15, 0.2) is 17.6 Å². The first-order chi connectivity index (χ1) is 13.5. The van der Waals surface area contributed by atoms with Crippen molar-refractivity contribution in [3.8, 4) is 17.6 Å². The maximum atomic E-state index is 12.2. The monoisotopic (exact) mass is 380 g/mol. The van der Waals surface area contributed by atoms with E-state index in [1.54, 1.807) is 42.5 Å². The summed E-state index contributed by atoms with van der Waals surface area (Å²) in [7, 11) is 3.06. The lowest BCUT2D eigenvalue weighted by Gasteiger charge is -2.12. The van der Waals surface area contributed by atoms with E-state index in [-0.39, 0.29) is 0 Å². The molecule has 0 fully saturated rings. The largest absolute Gasteiger partial charge is 0.493 e. The Bertz CT molecular complexity index is 931. The number of carbonyl (C=O) groups excluding carboxylic acids is 2. The Morgan fingerprint density at radius 1 is 1.11 bits per heavy atom. The van der Waals surface area contributed by atoms with Gasteiger partial charge in [-0.15, -0.1) is 0 Å². The van der Waals surface area contributed by atoms with Gasteiger partial charge in [-0.1, -0.05) is 12.1 Å². The van der Waals surface area contributed by atoms with Gasteiger partial charge in [-0.3, -0.25) is 4.79 Å². The lowest BCUT2D eigenvalue weighted by molar-refractivity contribution is -0.148. The molecule has 0 spiro atoms. The topological polar surface area (TPSA) is 97.6 Å². The van der Waals surface area contributed by atoms with Gasteiger partial charge in [0.1, 0.15) is 0 Å². The molecule has 0 aliphatic heterocycles. The van der Waals surface area contributed by atoms with Gasteiger partial charge >= 0.3 is 5.97 Å². The van der Waals surface area contributed by atoms with E-state index in [1.807, 2.05) is 6.07 Å². The summed E-state index contributed by atoms with van der Waals surface area (Å²) >= 11 is 0. The quantitative estimate of drug-likeness (QED) is 0.585. The molecule has 0 aliphatic carbocycles. The van der Waals surface area contributed by atoms with Gasteiger partial charge in [0.25, 0.3) is 5.91 Å². The summed E-state index contributed by atoms with van der Waals surface area (Å²) in [6.07, 6.45) is 1.76. The highest BCUT2D eigenvalue weighted by molar-refractivity contribution is 5.96. The molecule has 0 bridgehead atoms. The molecule has 7 heteroatoms. The molecule has 144 valence electrons. The van der Waals surface area contributed by atoms with Crippen LogP contribution in [0.25, 0.3) is 6.08 Å². The minimum Gasteiger partial charge on any atom is -0.493 e. The number of nitrogens with zero attached hydrogens (tertiary/aromatic N) is 1. The summed E-state index contributed by atoms with van der Waals surface area (Å²) in [6, 6.07) is 13.6. The Hall–Kier alpha value is -3.79. The maximum absolute atomic E-state index is 12.2. The van der Waals surface area contributed by atoms with Crippen molar-refractivity contribution in [1.29, 1.82) is 5.26 Å². The van der Waals surface area contributed by atoms with Crippen LogP contribution in [0.2, 0.25) is 0 Å². The lowest BCUT2D eigenvalue weighted by atomic mass is 10.2. The number of rotatable bonds is 7. The highest BCUT2D eigenvalue weighted by Gasteiger charge is 2.16. The molecule has 0 saturated carbocycles. The fraction of sp³-hybridized carbons (Fsp3) is 0.190. The normalized spacial score (nSPS) is 11.4. The molecule has 0 aliphatic rings. The van der Waals surface area contributed by atoms with Crippen LogP contribution in [0.3, 0.4) is 0 Å². The average Bonchev–Trinajstić information content (AvgIpc) is 2.71. The van der Waals surface area contributed by atoms with Gasteiger partial charge in [0.05, 0.1) is 25.9 Å². The van der Waals surface area contributed by atoms with Crippen LogP contribution in [0.4, 0.5) is 5.69 Å². The molecule has 0 radical (unpaired) electrons. The van der Waals surface area contributed by atoms with Gasteiger partial charge in [-0.25, -0.2) is 4.79 Å². The van der Waals surface area contributed by atoms with Gasteiger partial charge in [-0.05, 0) is 48.9 Å². The number of amides is 1. The number of nitriles is 1. The zero-order valence-corrected chi connectivity index (χ0v) is 15.8. The molecule has 7 nitrogen and oxygen atoms in total. The molecule has 1 atom stereocenters. The van der Waals surface area contributed by atoms with Crippen molar-refractivity contribution >= 4 is 23.6 Å². The fourth-order valence-corrected chi connectivity index (χ4v) is 2.30. The summed E-state index contributed by atoms with van der Waals surface area (Å²) in [5, 5.41) is 11.5. The first kappa shape index (κ1) is 20.5. The minimum absolute atomic E-state index is 0.417. The van der Waals surface area contributed by atoms with Crippen LogP contribution < -0.4 is 14.8 Å². The molecule has 2 rings (SSSR count). The zero-order chi connectivity index (χ0) is 20.5. The van der Waals surface area contributed by atoms with Crippen LogP contribution in [0.1, 0.15) is 18.1 Å². The number of hydrogen-bond donors (Lipinski definition) is 1. The van der Waals surface area contributed by atoms with Crippen LogP contribution in [0.15, 0.2) is 48.5 Å². The molecule has 0 aromatic heterocycles. The maximum Gasteiger partial charge on any atom is 0.331 e. The molecule has 0 heterocycles.